The molecule has 0 aliphatic heterocycles. The minimum absolute atomic E-state index is 0.550. The van der Waals surface area contributed by atoms with Crippen molar-refractivity contribution in [2.75, 3.05) is 20.6 Å². The Morgan fingerprint density at radius 1 is 1.47 bits per heavy atom. The van der Waals surface area contributed by atoms with Crippen LogP contribution < -0.4 is 5.32 Å². The van der Waals surface area contributed by atoms with E-state index in [9.17, 15) is 0 Å². The molecule has 1 unspecified atom stereocenters. The fourth-order valence-corrected chi connectivity index (χ4v) is 1.98. The summed E-state index contributed by atoms with van der Waals surface area (Å²) < 4.78 is 1.15. The van der Waals surface area contributed by atoms with Gasteiger partial charge in [-0.25, -0.2) is 0 Å². The third kappa shape index (κ3) is 4.33. The van der Waals surface area contributed by atoms with Gasteiger partial charge in [0.05, 0.1) is 0 Å². The Hall–Kier alpha value is -0.380. The smallest absolute Gasteiger partial charge is 0.0234 e. The molecule has 15 heavy (non-hydrogen) atoms. The first kappa shape index (κ1) is 12.7. The number of nitrogens with one attached hydrogen (secondary N) is 1. The molecular weight excluding hydrogens is 252 g/mol. The van der Waals surface area contributed by atoms with Gasteiger partial charge in [0.1, 0.15) is 0 Å². The summed E-state index contributed by atoms with van der Waals surface area (Å²) in [6, 6.07) is 9.01. The van der Waals surface area contributed by atoms with Gasteiger partial charge in [0, 0.05) is 23.6 Å². The lowest BCUT2D eigenvalue weighted by Crippen LogP contribution is -2.36. The van der Waals surface area contributed by atoms with E-state index < -0.39 is 0 Å². The van der Waals surface area contributed by atoms with Gasteiger partial charge in [-0.15, -0.1) is 0 Å². The summed E-state index contributed by atoms with van der Waals surface area (Å²) in [6.07, 6.45) is 0. The normalized spacial score (nSPS) is 13.1. The van der Waals surface area contributed by atoms with Crippen LogP contribution in [0.3, 0.4) is 0 Å². The summed E-state index contributed by atoms with van der Waals surface area (Å²) in [4.78, 5) is 2.35. The van der Waals surface area contributed by atoms with Crippen LogP contribution in [0.5, 0.6) is 0 Å². The van der Waals surface area contributed by atoms with Crippen LogP contribution in [0.4, 0.5) is 0 Å². The molecule has 1 aromatic rings. The van der Waals surface area contributed by atoms with Crippen molar-refractivity contribution < 1.29 is 0 Å². The number of halogens is 1. The van der Waals surface area contributed by atoms with Gasteiger partial charge in [-0.3, -0.25) is 4.90 Å². The summed E-state index contributed by atoms with van der Waals surface area (Å²) in [5, 5.41) is 3.19. The van der Waals surface area contributed by atoms with Crippen molar-refractivity contribution in [2.24, 2.45) is 0 Å². The molecule has 0 fully saturated rings. The molecule has 0 bridgehead atoms. The minimum Gasteiger partial charge on any atom is -0.318 e. The predicted molar refractivity (Wildman–Crippen MR) is 69.0 cm³/mol. The second-order valence-electron chi connectivity index (χ2n) is 3.95. The molecule has 0 aliphatic carbocycles. The molecule has 2 nitrogen and oxygen atoms in total. The molecule has 84 valence electrons. The third-order valence-corrected chi connectivity index (χ3v) is 3.07. The highest BCUT2D eigenvalue weighted by Crippen LogP contribution is 2.13. The van der Waals surface area contributed by atoms with E-state index in [1.807, 2.05) is 7.05 Å². The van der Waals surface area contributed by atoms with E-state index in [0.717, 1.165) is 17.6 Å². The van der Waals surface area contributed by atoms with Crippen molar-refractivity contribution in [1.82, 2.24) is 10.2 Å². The Labute approximate surface area is 101 Å². The monoisotopic (exact) mass is 270 g/mol. The number of nitrogens with zero attached hydrogens (tertiary/aromatic N) is 1. The van der Waals surface area contributed by atoms with E-state index in [0.29, 0.717) is 6.04 Å². The Bertz CT molecular complexity index is 301. The maximum Gasteiger partial charge on any atom is 0.0234 e. The van der Waals surface area contributed by atoms with Crippen LogP contribution in [0.15, 0.2) is 28.7 Å². The molecule has 1 atom stereocenters. The van der Waals surface area contributed by atoms with Gasteiger partial charge in [0.15, 0.2) is 0 Å². The molecule has 1 rings (SSSR count). The van der Waals surface area contributed by atoms with Crippen molar-refractivity contribution in [3.63, 3.8) is 0 Å². The molecular formula is C12H19BrN2. The van der Waals surface area contributed by atoms with Gasteiger partial charge in [-0.2, -0.15) is 0 Å². The standard InChI is InChI=1S/C12H19BrN2/c1-10(8-14-2)15(3)9-11-5-4-6-12(13)7-11/h4-7,10,14H,8-9H2,1-3H3. The van der Waals surface area contributed by atoms with E-state index in [1.54, 1.807) is 0 Å². The van der Waals surface area contributed by atoms with Crippen molar-refractivity contribution in [1.29, 1.82) is 0 Å². The maximum atomic E-state index is 3.49. The molecule has 0 heterocycles. The van der Waals surface area contributed by atoms with Gasteiger partial charge in [0.2, 0.25) is 0 Å². The van der Waals surface area contributed by atoms with Crippen molar-refractivity contribution in [3.8, 4) is 0 Å². The molecule has 0 amide bonds. The number of benzene rings is 1. The second-order valence-corrected chi connectivity index (χ2v) is 4.87. The van der Waals surface area contributed by atoms with Crippen LogP contribution in [-0.4, -0.2) is 31.6 Å². The molecule has 0 saturated carbocycles. The van der Waals surface area contributed by atoms with E-state index in [1.165, 1.54) is 5.56 Å². The van der Waals surface area contributed by atoms with Gasteiger partial charge >= 0.3 is 0 Å². The number of rotatable bonds is 5. The number of hydrogen-bond acceptors (Lipinski definition) is 2. The highest BCUT2D eigenvalue weighted by atomic mass is 79.9. The fourth-order valence-electron chi connectivity index (χ4n) is 1.53. The third-order valence-electron chi connectivity index (χ3n) is 2.57. The molecule has 1 N–H and O–H groups in total. The maximum absolute atomic E-state index is 3.49. The minimum atomic E-state index is 0.550. The van der Waals surface area contributed by atoms with Crippen molar-refractivity contribution in [2.45, 2.75) is 19.5 Å². The zero-order valence-electron chi connectivity index (χ0n) is 9.63. The molecule has 0 saturated heterocycles. The van der Waals surface area contributed by atoms with Crippen LogP contribution in [0.2, 0.25) is 0 Å². The zero-order valence-corrected chi connectivity index (χ0v) is 11.2. The first-order chi connectivity index (χ1) is 7.13. The lowest BCUT2D eigenvalue weighted by molar-refractivity contribution is 0.246. The summed E-state index contributed by atoms with van der Waals surface area (Å²) in [5.41, 5.74) is 1.34. The average molecular weight is 271 g/mol. The molecule has 3 heteroatoms. The predicted octanol–water partition coefficient (Wildman–Crippen LogP) is 2.49. The number of hydrogen-bond donors (Lipinski definition) is 1. The molecule has 0 radical (unpaired) electrons. The second kappa shape index (κ2) is 6.26. The van der Waals surface area contributed by atoms with Gasteiger partial charge in [-0.05, 0) is 38.7 Å². The van der Waals surface area contributed by atoms with Gasteiger partial charge in [-0.1, -0.05) is 28.1 Å². The summed E-state index contributed by atoms with van der Waals surface area (Å²) in [6.45, 7) is 4.24. The van der Waals surface area contributed by atoms with Crippen molar-refractivity contribution >= 4 is 15.9 Å². The first-order valence-corrected chi connectivity index (χ1v) is 6.02. The van der Waals surface area contributed by atoms with Crippen LogP contribution in [0.1, 0.15) is 12.5 Å². The van der Waals surface area contributed by atoms with Crippen molar-refractivity contribution in [3.05, 3.63) is 34.3 Å². The highest BCUT2D eigenvalue weighted by Gasteiger charge is 2.08. The van der Waals surface area contributed by atoms with E-state index in [2.05, 4.69) is 64.4 Å². The lowest BCUT2D eigenvalue weighted by Gasteiger charge is -2.24. The van der Waals surface area contributed by atoms with Crippen LogP contribution in [0, 0.1) is 0 Å². The molecule has 0 spiro atoms. The SMILES string of the molecule is CNCC(C)N(C)Cc1cccc(Br)c1. The molecule has 0 aliphatic rings. The number of likely N-dealkylation sites (N-methyl/N-ethyl adjacent to an activating group) is 2. The Balaban J connectivity index is 2.54. The van der Waals surface area contributed by atoms with Gasteiger partial charge in [0.25, 0.3) is 0 Å². The van der Waals surface area contributed by atoms with Gasteiger partial charge < -0.3 is 5.32 Å². The van der Waals surface area contributed by atoms with E-state index in [-0.39, 0.29) is 0 Å². The Kier molecular flexibility index (Phi) is 5.29. The van der Waals surface area contributed by atoms with E-state index in [4.69, 9.17) is 0 Å². The first-order valence-electron chi connectivity index (χ1n) is 5.22. The lowest BCUT2D eigenvalue weighted by atomic mass is 10.2. The van der Waals surface area contributed by atoms with Crippen LogP contribution in [0.25, 0.3) is 0 Å². The summed E-state index contributed by atoms with van der Waals surface area (Å²) in [5.74, 6) is 0. The molecule has 0 aromatic heterocycles. The van der Waals surface area contributed by atoms with E-state index >= 15 is 0 Å². The fraction of sp³-hybridized carbons (Fsp3) is 0.500. The summed E-state index contributed by atoms with van der Waals surface area (Å²) in [7, 11) is 4.15. The van der Waals surface area contributed by atoms with Crippen LogP contribution >= 0.6 is 15.9 Å². The van der Waals surface area contributed by atoms with Crippen LogP contribution in [-0.2, 0) is 6.54 Å². The highest BCUT2D eigenvalue weighted by molar-refractivity contribution is 9.10. The quantitative estimate of drug-likeness (QED) is 0.885. The average Bonchev–Trinajstić information content (AvgIpc) is 2.18. The molecule has 1 aromatic carbocycles. The summed E-state index contributed by atoms with van der Waals surface area (Å²) >= 11 is 3.49. The Morgan fingerprint density at radius 3 is 2.80 bits per heavy atom. The Morgan fingerprint density at radius 2 is 2.20 bits per heavy atom. The largest absolute Gasteiger partial charge is 0.318 e. The zero-order chi connectivity index (χ0) is 11.3. The topological polar surface area (TPSA) is 15.3 Å².